The van der Waals surface area contributed by atoms with E-state index in [-0.39, 0.29) is 0 Å². The topological polar surface area (TPSA) is 60.9 Å². The highest BCUT2D eigenvalue weighted by Crippen LogP contribution is 2.38. The molecule has 2 N–H and O–H groups in total. The standard InChI is InChI=1S/C21H17N3OS/c1-14-9-11-15(12-10-14)18-19-17(8-5-13-23-19)24(20(18)21(22)25)26-16-6-3-2-4-7-16/h2-13H,1H3,(H2,22,25). The number of nitrogens with two attached hydrogens (primary N) is 1. The van der Waals surface area contributed by atoms with Gasteiger partial charge in [-0.05, 0) is 48.7 Å². The van der Waals surface area contributed by atoms with Crippen LogP contribution < -0.4 is 5.73 Å². The van der Waals surface area contributed by atoms with E-state index in [0.29, 0.717) is 5.69 Å². The normalized spacial score (nSPS) is 11.0. The molecule has 0 spiro atoms. The van der Waals surface area contributed by atoms with Crippen LogP contribution in [0.3, 0.4) is 0 Å². The summed E-state index contributed by atoms with van der Waals surface area (Å²) in [5, 5.41) is 0. The van der Waals surface area contributed by atoms with Gasteiger partial charge in [0, 0.05) is 16.7 Å². The molecule has 0 fully saturated rings. The van der Waals surface area contributed by atoms with Gasteiger partial charge in [-0.2, -0.15) is 0 Å². The molecule has 4 nitrogen and oxygen atoms in total. The lowest BCUT2D eigenvalue weighted by Gasteiger charge is -2.08. The number of amides is 1. The number of aryl methyl sites for hydroxylation is 1. The predicted molar refractivity (Wildman–Crippen MR) is 106 cm³/mol. The maximum atomic E-state index is 12.4. The molecule has 2 aromatic heterocycles. The fourth-order valence-electron chi connectivity index (χ4n) is 2.99. The van der Waals surface area contributed by atoms with Crippen LogP contribution in [0, 0.1) is 6.92 Å². The Kier molecular flexibility index (Phi) is 4.22. The summed E-state index contributed by atoms with van der Waals surface area (Å²) in [5.74, 6) is -0.470. The molecule has 0 saturated heterocycles. The molecule has 0 unspecified atom stereocenters. The quantitative estimate of drug-likeness (QED) is 0.576. The number of hydrogen-bond donors (Lipinski definition) is 1. The van der Waals surface area contributed by atoms with Gasteiger partial charge >= 0.3 is 0 Å². The Bertz CT molecular complexity index is 1090. The minimum atomic E-state index is -0.470. The molecule has 4 rings (SSSR count). The van der Waals surface area contributed by atoms with Crippen LogP contribution in [0.1, 0.15) is 16.1 Å². The van der Waals surface area contributed by atoms with E-state index >= 15 is 0 Å². The molecule has 128 valence electrons. The van der Waals surface area contributed by atoms with Gasteiger partial charge in [0.1, 0.15) is 5.69 Å². The zero-order valence-electron chi connectivity index (χ0n) is 14.2. The molecule has 0 aliphatic carbocycles. The molecule has 0 bridgehead atoms. The van der Waals surface area contributed by atoms with E-state index in [4.69, 9.17) is 5.73 Å². The van der Waals surface area contributed by atoms with Crippen molar-refractivity contribution < 1.29 is 4.79 Å². The zero-order chi connectivity index (χ0) is 18.1. The third-order valence-corrected chi connectivity index (χ3v) is 5.24. The van der Waals surface area contributed by atoms with Gasteiger partial charge in [0.15, 0.2) is 0 Å². The van der Waals surface area contributed by atoms with Gasteiger partial charge < -0.3 is 5.73 Å². The van der Waals surface area contributed by atoms with Gasteiger partial charge in [0.2, 0.25) is 0 Å². The number of carbonyl (C=O) groups excluding carboxylic acids is 1. The van der Waals surface area contributed by atoms with Crippen LogP contribution in [0.25, 0.3) is 22.2 Å². The largest absolute Gasteiger partial charge is 0.364 e. The molecule has 2 aromatic carbocycles. The summed E-state index contributed by atoms with van der Waals surface area (Å²) in [4.78, 5) is 18.0. The molecule has 1 amide bonds. The zero-order valence-corrected chi connectivity index (χ0v) is 15.0. The summed E-state index contributed by atoms with van der Waals surface area (Å²) in [7, 11) is 0. The van der Waals surface area contributed by atoms with Gasteiger partial charge in [0.05, 0.1) is 11.0 Å². The Morgan fingerprint density at radius 1 is 1.00 bits per heavy atom. The number of fused-ring (bicyclic) bond motifs is 1. The minimum absolute atomic E-state index is 0.455. The maximum absolute atomic E-state index is 12.4. The second-order valence-electron chi connectivity index (χ2n) is 6.02. The lowest BCUT2D eigenvalue weighted by Crippen LogP contribution is -2.15. The number of pyridine rings is 1. The number of nitrogens with zero attached hydrogens (tertiary/aromatic N) is 2. The third kappa shape index (κ3) is 2.86. The van der Waals surface area contributed by atoms with Crippen molar-refractivity contribution in [3.05, 3.63) is 84.2 Å². The number of hydrogen-bond acceptors (Lipinski definition) is 3. The van der Waals surface area contributed by atoms with E-state index in [1.807, 2.05) is 77.6 Å². The molecule has 5 heteroatoms. The lowest BCUT2D eigenvalue weighted by atomic mass is 10.0. The van der Waals surface area contributed by atoms with Crippen molar-refractivity contribution in [2.45, 2.75) is 11.8 Å². The van der Waals surface area contributed by atoms with Crippen LogP contribution >= 0.6 is 11.9 Å². The van der Waals surface area contributed by atoms with Crippen molar-refractivity contribution >= 4 is 28.9 Å². The van der Waals surface area contributed by atoms with E-state index in [1.54, 1.807) is 6.20 Å². The fraction of sp³-hybridized carbons (Fsp3) is 0.0476. The van der Waals surface area contributed by atoms with E-state index in [2.05, 4.69) is 4.98 Å². The first-order valence-electron chi connectivity index (χ1n) is 8.25. The number of aromatic nitrogens is 2. The molecular weight excluding hydrogens is 342 g/mol. The summed E-state index contributed by atoms with van der Waals surface area (Å²) in [5.41, 5.74) is 10.8. The summed E-state index contributed by atoms with van der Waals surface area (Å²) in [6.45, 7) is 2.03. The Balaban J connectivity index is 2.01. The summed E-state index contributed by atoms with van der Waals surface area (Å²) >= 11 is 1.47. The molecule has 4 aromatic rings. The minimum Gasteiger partial charge on any atom is -0.364 e. The monoisotopic (exact) mass is 359 g/mol. The van der Waals surface area contributed by atoms with Gasteiger partial charge in [-0.3, -0.25) is 13.8 Å². The maximum Gasteiger partial charge on any atom is 0.266 e. The van der Waals surface area contributed by atoms with E-state index < -0.39 is 5.91 Å². The lowest BCUT2D eigenvalue weighted by molar-refractivity contribution is 0.0996. The molecule has 0 atom stereocenters. The van der Waals surface area contributed by atoms with Crippen LogP contribution in [0.2, 0.25) is 0 Å². The fourth-order valence-corrected chi connectivity index (χ4v) is 3.99. The number of carbonyl (C=O) groups is 1. The average molecular weight is 359 g/mol. The highest BCUT2D eigenvalue weighted by Gasteiger charge is 2.24. The van der Waals surface area contributed by atoms with Gasteiger partial charge in [0.25, 0.3) is 5.91 Å². The van der Waals surface area contributed by atoms with E-state index in [0.717, 1.165) is 32.6 Å². The Labute approximate surface area is 155 Å². The number of benzene rings is 2. The molecule has 0 aliphatic rings. The predicted octanol–water partition coefficient (Wildman–Crippen LogP) is 4.67. The van der Waals surface area contributed by atoms with Gasteiger partial charge in [-0.25, -0.2) is 0 Å². The summed E-state index contributed by atoms with van der Waals surface area (Å²) < 4.78 is 1.88. The van der Waals surface area contributed by atoms with Gasteiger partial charge in [-0.1, -0.05) is 48.0 Å². The van der Waals surface area contributed by atoms with Crippen LogP contribution in [0.5, 0.6) is 0 Å². The van der Waals surface area contributed by atoms with E-state index in [9.17, 15) is 4.79 Å². The summed E-state index contributed by atoms with van der Waals surface area (Å²) in [6, 6.07) is 21.8. The second-order valence-corrected chi connectivity index (χ2v) is 7.04. The summed E-state index contributed by atoms with van der Waals surface area (Å²) in [6.07, 6.45) is 1.74. The first kappa shape index (κ1) is 16.4. The van der Waals surface area contributed by atoms with Crippen molar-refractivity contribution in [3.8, 4) is 11.1 Å². The van der Waals surface area contributed by atoms with Crippen molar-refractivity contribution in [3.63, 3.8) is 0 Å². The highest BCUT2D eigenvalue weighted by atomic mass is 32.2. The van der Waals surface area contributed by atoms with E-state index in [1.165, 1.54) is 11.9 Å². The molecular formula is C21H17N3OS. The Hall–Kier alpha value is -3.05. The van der Waals surface area contributed by atoms with Crippen LogP contribution in [0.4, 0.5) is 0 Å². The van der Waals surface area contributed by atoms with Crippen LogP contribution in [-0.2, 0) is 0 Å². The van der Waals surface area contributed by atoms with Crippen molar-refractivity contribution in [1.82, 2.24) is 8.96 Å². The number of rotatable bonds is 4. The van der Waals surface area contributed by atoms with Gasteiger partial charge in [-0.15, -0.1) is 0 Å². The SMILES string of the molecule is Cc1ccc(-c2c(C(N)=O)n(Sc3ccccc3)c3cccnc23)cc1. The second kappa shape index (κ2) is 6.69. The van der Waals surface area contributed by atoms with Crippen LogP contribution in [-0.4, -0.2) is 14.9 Å². The average Bonchev–Trinajstić information content (AvgIpc) is 2.98. The number of primary amides is 1. The Morgan fingerprint density at radius 2 is 1.73 bits per heavy atom. The first-order chi connectivity index (χ1) is 12.6. The smallest absolute Gasteiger partial charge is 0.266 e. The first-order valence-corrected chi connectivity index (χ1v) is 9.02. The third-order valence-electron chi connectivity index (χ3n) is 4.20. The molecule has 2 heterocycles. The van der Waals surface area contributed by atoms with Crippen LogP contribution in [0.15, 0.2) is 77.8 Å². The molecule has 26 heavy (non-hydrogen) atoms. The molecule has 0 saturated carbocycles. The van der Waals surface area contributed by atoms with Crippen molar-refractivity contribution in [1.29, 1.82) is 0 Å². The Morgan fingerprint density at radius 3 is 2.42 bits per heavy atom. The molecule has 0 radical (unpaired) electrons. The molecule has 0 aliphatic heterocycles. The highest BCUT2D eigenvalue weighted by molar-refractivity contribution is 7.98. The van der Waals surface area contributed by atoms with Crippen molar-refractivity contribution in [2.75, 3.05) is 0 Å². The van der Waals surface area contributed by atoms with Crippen molar-refractivity contribution in [2.24, 2.45) is 5.73 Å².